The first-order valence-electron chi connectivity index (χ1n) is 5.82. The lowest BCUT2D eigenvalue weighted by molar-refractivity contribution is 0.0691. The number of nitrogens with one attached hydrogen (secondary N) is 1. The van der Waals surface area contributed by atoms with Gasteiger partial charge in [-0.05, 0) is 6.07 Å². The third-order valence-corrected chi connectivity index (χ3v) is 3.78. The maximum atomic E-state index is 11.8. The Morgan fingerprint density at radius 3 is 2.65 bits per heavy atom. The molecule has 0 spiro atoms. The Hall–Kier alpha value is -1.09. The molecule has 0 aliphatic carbocycles. The lowest BCUT2D eigenvalue weighted by atomic mass is 10.4. The zero-order valence-corrected chi connectivity index (χ0v) is 12.8. The van der Waals surface area contributed by atoms with E-state index in [-0.39, 0.29) is 10.6 Å². The van der Waals surface area contributed by atoms with Crippen LogP contribution in [0.25, 0.3) is 0 Å². The van der Waals surface area contributed by atoms with Crippen molar-refractivity contribution in [3.05, 3.63) is 18.0 Å². The summed E-state index contributed by atoms with van der Waals surface area (Å²) in [7, 11) is 4.52. The van der Waals surface area contributed by atoms with E-state index in [0.29, 0.717) is 26.4 Å². The molecule has 0 fully saturated rings. The molecule has 0 atom stereocenters. The van der Waals surface area contributed by atoms with Crippen molar-refractivity contribution in [2.45, 2.75) is 4.90 Å². The van der Waals surface area contributed by atoms with Crippen LogP contribution in [0.2, 0.25) is 0 Å². The summed E-state index contributed by atoms with van der Waals surface area (Å²) in [5.41, 5.74) is 0.209. The third-order valence-electron chi connectivity index (χ3n) is 2.46. The summed E-state index contributed by atoms with van der Waals surface area (Å²) < 4.78 is 33.7. The van der Waals surface area contributed by atoms with Gasteiger partial charge in [-0.25, -0.2) is 8.42 Å². The molecular weight excluding hydrogens is 308 g/mol. The fraction of sp³-hybridized carbons (Fsp3) is 0.545. The first-order valence-corrected chi connectivity index (χ1v) is 8.13. The molecule has 1 N–H and O–H groups in total. The molecule has 0 saturated heterocycles. The summed E-state index contributed by atoms with van der Waals surface area (Å²) in [5, 5.41) is 2.62. The number of rotatable bonds is 8. The molecule has 0 aliphatic heterocycles. The van der Waals surface area contributed by atoms with Gasteiger partial charge in [0.05, 0.1) is 19.8 Å². The zero-order chi connectivity index (χ0) is 15.2. The predicted octanol–water partition coefficient (Wildman–Crippen LogP) is 0.345. The van der Waals surface area contributed by atoms with Crippen LogP contribution in [0.5, 0.6) is 0 Å². The second kappa shape index (κ2) is 7.63. The van der Waals surface area contributed by atoms with Gasteiger partial charge in [0.2, 0.25) is 0 Å². The van der Waals surface area contributed by atoms with Crippen LogP contribution in [0.4, 0.5) is 0 Å². The van der Waals surface area contributed by atoms with Crippen molar-refractivity contribution < 1.29 is 22.7 Å². The fourth-order valence-electron chi connectivity index (χ4n) is 1.46. The smallest absolute Gasteiger partial charge is 0.268 e. The van der Waals surface area contributed by atoms with Crippen LogP contribution < -0.4 is 5.32 Å². The first-order chi connectivity index (χ1) is 9.36. The number of hydrogen-bond donors (Lipinski definition) is 1. The molecule has 0 radical (unpaired) electrons. The highest BCUT2D eigenvalue weighted by Gasteiger charge is 2.18. The SMILES string of the molecule is COCCOCCNC(=O)c1cc(S(=O)(=O)Cl)cn1C. The molecule has 0 unspecified atom stereocenters. The quantitative estimate of drug-likeness (QED) is 0.550. The Balaban J connectivity index is 2.50. The average Bonchev–Trinajstić information content (AvgIpc) is 2.75. The van der Waals surface area contributed by atoms with Crippen molar-refractivity contribution in [2.75, 3.05) is 33.5 Å². The minimum atomic E-state index is -3.84. The van der Waals surface area contributed by atoms with E-state index in [4.69, 9.17) is 20.2 Å². The Labute approximate surface area is 122 Å². The van der Waals surface area contributed by atoms with E-state index >= 15 is 0 Å². The highest BCUT2D eigenvalue weighted by atomic mass is 35.7. The molecule has 1 amide bonds. The van der Waals surface area contributed by atoms with E-state index < -0.39 is 15.0 Å². The number of aryl methyl sites for hydroxylation is 1. The summed E-state index contributed by atoms with van der Waals surface area (Å²) in [6.07, 6.45) is 1.28. The molecule has 0 bridgehead atoms. The van der Waals surface area contributed by atoms with Gasteiger partial charge >= 0.3 is 0 Å². The van der Waals surface area contributed by atoms with Crippen molar-refractivity contribution in [1.82, 2.24) is 9.88 Å². The number of halogens is 1. The standard InChI is InChI=1S/C11H17ClN2O5S/c1-14-8-9(20(12,16)17)7-10(14)11(15)13-3-4-19-6-5-18-2/h7-8H,3-6H2,1-2H3,(H,13,15). The maximum absolute atomic E-state index is 11.8. The zero-order valence-electron chi connectivity index (χ0n) is 11.3. The Bertz CT molecular complexity index is 555. The van der Waals surface area contributed by atoms with E-state index in [9.17, 15) is 13.2 Å². The van der Waals surface area contributed by atoms with E-state index in [1.165, 1.54) is 16.8 Å². The normalized spacial score (nSPS) is 11.6. The van der Waals surface area contributed by atoms with Crippen molar-refractivity contribution in [2.24, 2.45) is 7.05 Å². The van der Waals surface area contributed by atoms with Gasteiger partial charge in [0, 0.05) is 37.6 Å². The number of methoxy groups -OCH3 is 1. The predicted molar refractivity (Wildman–Crippen MR) is 73.5 cm³/mol. The first kappa shape index (κ1) is 17.0. The van der Waals surface area contributed by atoms with Gasteiger partial charge in [-0.1, -0.05) is 0 Å². The van der Waals surface area contributed by atoms with Crippen molar-refractivity contribution in [1.29, 1.82) is 0 Å². The summed E-state index contributed by atoms with van der Waals surface area (Å²) in [5.74, 6) is -0.394. The van der Waals surface area contributed by atoms with Crippen LogP contribution in [0.15, 0.2) is 17.2 Å². The number of carbonyl (C=O) groups excluding carboxylic acids is 1. The van der Waals surface area contributed by atoms with Crippen molar-refractivity contribution in [3.63, 3.8) is 0 Å². The second-order valence-corrected chi connectivity index (χ2v) is 6.54. The van der Waals surface area contributed by atoms with Crippen LogP contribution in [0.3, 0.4) is 0 Å². The molecular formula is C11H17ClN2O5S. The molecule has 7 nitrogen and oxygen atoms in total. The number of nitrogens with zero attached hydrogens (tertiary/aromatic N) is 1. The topological polar surface area (TPSA) is 86.6 Å². The average molecular weight is 325 g/mol. The molecule has 114 valence electrons. The van der Waals surface area contributed by atoms with Gasteiger partial charge in [0.25, 0.3) is 15.0 Å². The molecule has 1 rings (SSSR count). The minimum Gasteiger partial charge on any atom is -0.382 e. The van der Waals surface area contributed by atoms with Gasteiger partial charge < -0.3 is 19.4 Å². The van der Waals surface area contributed by atoms with Gasteiger partial charge in [-0.15, -0.1) is 0 Å². The summed E-state index contributed by atoms with van der Waals surface area (Å²) >= 11 is 0. The monoisotopic (exact) mass is 324 g/mol. The van der Waals surface area contributed by atoms with E-state index in [0.717, 1.165) is 0 Å². The number of amides is 1. The van der Waals surface area contributed by atoms with Gasteiger partial charge in [-0.3, -0.25) is 4.79 Å². The van der Waals surface area contributed by atoms with E-state index in [1.54, 1.807) is 14.2 Å². The number of ether oxygens (including phenoxy) is 2. The summed E-state index contributed by atoms with van der Waals surface area (Å²) in [4.78, 5) is 11.7. The maximum Gasteiger partial charge on any atom is 0.268 e. The van der Waals surface area contributed by atoms with Gasteiger partial charge in [0.15, 0.2) is 0 Å². The Morgan fingerprint density at radius 2 is 2.10 bits per heavy atom. The number of aromatic nitrogens is 1. The van der Waals surface area contributed by atoms with Crippen molar-refractivity contribution in [3.8, 4) is 0 Å². The van der Waals surface area contributed by atoms with Crippen LogP contribution in [-0.4, -0.2) is 52.4 Å². The van der Waals surface area contributed by atoms with E-state index in [2.05, 4.69) is 5.32 Å². The fourth-order valence-corrected chi connectivity index (χ4v) is 2.25. The second-order valence-electron chi connectivity index (χ2n) is 3.97. The molecule has 20 heavy (non-hydrogen) atoms. The highest BCUT2D eigenvalue weighted by Crippen LogP contribution is 2.17. The summed E-state index contributed by atoms with van der Waals surface area (Å²) in [6, 6.07) is 1.23. The summed E-state index contributed by atoms with van der Waals surface area (Å²) in [6.45, 7) is 1.60. The lowest BCUT2D eigenvalue weighted by Gasteiger charge is -2.06. The lowest BCUT2D eigenvalue weighted by Crippen LogP contribution is -2.29. The highest BCUT2D eigenvalue weighted by molar-refractivity contribution is 8.13. The third kappa shape index (κ3) is 5.12. The van der Waals surface area contributed by atoms with Crippen molar-refractivity contribution >= 4 is 25.6 Å². The minimum absolute atomic E-state index is 0.108. The van der Waals surface area contributed by atoms with Gasteiger partial charge in [0.1, 0.15) is 10.6 Å². The number of hydrogen-bond acceptors (Lipinski definition) is 5. The van der Waals surface area contributed by atoms with Crippen LogP contribution >= 0.6 is 10.7 Å². The van der Waals surface area contributed by atoms with Crippen LogP contribution in [-0.2, 0) is 25.6 Å². The molecule has 0 aromatic carbocycles. The molecule has 1 aromatic rings. The molecule has 1 heterocycles. The Morgan fingerprint density at radius 1 is 1.40 bits per heavy atom. The number of carbonyl (C=O) groups is 1. The molecule has 9 heteroatoms. The van der Waals surface area contributed by atoms with Crippen LogP contribution in [0, 0.1) is 0 Å². The van der Waals surface area contributed by atoms with Crippen LogP contribution in [0.1, 0.15) is 10.5 Å². The van der Waals surface area contributed by atoms with Gasteiger partial charge in [-0.2, -0.15) is 0 Å². The molecule has 0 saturated carbocycles. The van der Waals surface area contributed by atoms with E-state index in [1.807, 2.05) is 0 Å². The molecule has 0 aliphatic rings. The molecule has 1 aromatic heterocycles. The Kier molecular flexibility index (Phi) is 6.47. The largest absolute Gasteiger partial charge is 0.382 e.